The second-order valence-electron chi connectivity index (χ2n) is 5.58. The van der Waals surface area contributed by atoms with Crippen molar-refractivity contribution in [2.75, 3.05) is 31.1 Å². The number of benzene rings is 1. The highest BCUT2D eigenvalue weighted by Gasteiger charge is 2.19. The zero-order chi connectivity index (χ0) is 17.6. The van der Waals surface area contributed by atoms with Crippen molar-refractivity contribution < 1.29 is 0 Å². The fourth-order valence-corrected chi connectivity index (χ4v) is 2.98. The molecule has 1 aromatic carbocycles. The number of rotatable bonds is 3. The Bertz CT molecular complexity index is 759. The molecule has 0 aliphatic carbocycles. The molecule has 0 radical (unpaired) electrons. The quantitative estimate of drug-likeness (QED) is 0.371. The minimum Gasteiger partial charge on any atom is -0.380 e. The number of nitrogens with zero attached hydrogens (tertiary/aromatic N) is 4. The third-order valence-electron chi connectivity index (χ3n) is 3.94. The van der Waals surface area contributed by atoms with E-state index in [1.165, 1.54) is 5.69 Å². The lowest BCUT2D eigenvalue weighted by molar-refractivity contribution is 0.381. The SMILES string of the molecule is N/C(=N\NC(=S)N1CCN(c2ccccc2)CC1)c1cc(Cl)ccn1. The van der Waals surface area contributed by atoms with Crippen LogP contribution in [0.3, 0.4) is 0 Å². The van der Waals surface area contributed by atoms with Gasteiger partial charge in [-0.05, 0) is 36.5 Å². The van der Waals surface area contributed by atoms with Gasteiger partial charge < -0.3 is 15.5 Å². The molecule has 0 atom stereocenters. The molecule has 1 fully saturated rings. The molecular weight excluding hydrogens is 356 g/mol. The van der Waals surface area contributed by atoms with Gasteiger partial charge >= 0.3 is 0 Å². The molecule has 8 heteroatoms. The average Bonchev–Trinajstić information content (AvgIpc) is 2.66. The number of hydrogen-bond donors (Lipinski definition) is 2. The summed E-state index contributed by atoms with van der Waals surface area (Å²) in [6.07, 6.45) is 1.58. The van der Waals surface area contributed by atoms with Crippen LogP contribution in [0.1, 0.15) is 5.69 Å². The van der Waals surface area contributed by atoms with Gasteiger partial charge in [-0.3, -0.25) is 10.4 Å². The Labute approximate surface area is 157 Å². The van der Waals surface area contributed by atoms with Gasteiger partial charge in [-0.1, -0.05) is 29.8 Å². The van der Waals surface area contributed by atoms with Crippen molar-refractivity contribution >= 4 is 40.5 Å². The molecule has 6 nitrogen and oxygen atoms in total. The third kappa shape index (κ3) is 4.58. The number of para-hydroxylation sites is 1. The van der Waals surface area contributed by atoms with Gasteiger partial charge in [0.2, 0.25) is 0 Å². The second kappa shape index (κ2) is 8.13. The van der Waals surface area contributed by atoms with Gasteiger partial charge in [0.15, 0.2) is 10.9 Å². The molecule has 0 unspecified atom stereocenters. The molecule has 0 bridgehead atoms. The molecule has 0 amide bonds. The third-order valence-corrected chi connectivity index (χ3v) is 4.53. The van der Waals surface area contributed by atoms with E-state index < -0.39 is 0 Å². The number of nitrogens with one attached hydrogen (secondary N) is 1. The van der Waals surface area contributed by atoms with E-state index >= 15 is 0 Å². The monoisotopic (exact) mass is 374 g/mol. The van der Waals surface area contributed by atoms with E-state index in [4.69, 9.17) is 29.6 Å². The predicted octanol–water partition coefficient (Wildman–Crippen LogP) is 2.05. The summed E-state index contributed by atoms with van der Waals surface area (Å²) in [7, 11) is 0. The minimum absolute atomic E-state index is 0.243. The zero-order valence-electron chi connectivity index (χ0n) is 13.6. The standard InChI is InChI=1S/C17H19ClN6S/c18-13-6-7-20-15(12-13)16(19)21-22-17(25)24-10-8-23(9-11-24)14-4-2-1-3-5-14/h1-7,12H,8-11H2,(H2,19,21)(H,22,25). The molecule has 0 saturated carbocycles. The van der Waals surface area contributed by atoms with Crippen molar-refractivity contribution in [1.29, 1.82) is 0 Å². The lowest BCUT2D eigenvalue weighted by atomic mass is 10.2. The fourth-order valence-electron chi connectivity index (χ4n) is 2.59. The van der Waals surface area contributed by atoms with Crippen LogP contribution in [0.4, 0.5) is 5.69 Å². The first-order valence-electron chi connectivity index (χ1n) is 7.93. The minimum atomic E-state index is 0.243. The summed E-state index contributed by atoms with van der Waals surface area (Å²) in [5, 5.41) is 5.23. The number of piperazine rings is 1. The Kier molecular flexibility index (Phi) is 5.67. The summed E-state index contributed by atoms with van der Waals surface area (Å²) in [5.74, 6) is 0.243. The average molecular weight is 375 g/mol. The lowest BCUT2D eigenvalue weighted by Crippen LogP contribution is -2.51. The van der Waals surface area contributed by atoms with E-state index in [2.05, 4.69) is 49.6 Å². The molecule has 25 heavy (non-hydrogen) atoms. The summed E-state index contributed by atoms with van der Waals surface area (Å²) in [6.45, 7) is 3.46. The van der Waals surface area contributed by atoms with Crippen molar-refractivity contribution in [3.8, 4) is 0 Å². The highest BCUT2D eigenvalue weighted by molar-refractivity contribution is 7.80. The smallest absolute Gasteiger partial charge is 0.189 e. The van der Waals surface area contributed by atoms with E-state index in [0.29, 0.717) is 15.8 Å². The van der Waals surface area contributed by atoms with Crippen LogP contribution in [-0.2, 0) is 0 Å². The summed E-state index contributed by atoms with van der Waals surface area (Å²) in [5.41, 5.74) is 10.5. The van der Waals surface area contributed by atoms with Crippen LogP contribution < -0.4 is 16.1 Å². The molecule has 1 aliphatic heterocycles. The number of aromatic nitrogens is 1. The van der Waals surface area contributed by atoms with E-state index in [1.807, 2.05) is 6.07 Å². The number of thiocarbonyl (C=S) groups is 1. The van der Waals surface area contributed by atoms with E-state index in [-0.39, 0.29) is 5.84 Å². The van der Waals surface area contributed by atoms with E-state index in [9.17, 15) is 0 Å². The first-order chi connectivity index (χ1) is 12.1. The molecule has 0 spiro atoms. The van der Waals surface area contributed by atoms with Gasteiger partial charge in [0.1, 0.15) is 5.69 Å². The summed E-state index contributed by atoms with van der Waals surface area (Å²) in [6, 6.07) is 13.7. The number of anilines is 1. The number of nitrogens with two attached hydrogens (primary N) is 1. The normalized spacial score (nSPS) is 15.2. The van der Waals surface area contributed by atoms with Crippen LogP contribution in [0, 0.1) is 0 Å². The number of amidine groups is 1. The molecule has 130 valence electrons. The summed E-state index contributed by atoms with van der Waals surface area (Å²) in [4.78, 5) is 8.55. The zero-order valence-corrected chi connectivity index (χ0v) is 15.2. The number of hydrazone groups is 1. The molecule has 3 rings (SSSR count). The Morgan fingerprint density at radius 2 is 1.88 bits per heavy atom. The van der Waals surface area contributed by atoms with Crippen molar-refractivity contribution in [1.82, 2.24) is 15.3 Å². The van der Waals surface area contributed by atoms with Gasteiger partial charge in [0.05, 0.1) is 0 Å². The molecule has 1 saturated heterocycles. The maximum absolute atomic E-state index is 5.93. The second-order valence-corrected chi connectivity index (χ2v) is 6.41. The van der Waals surface area contributed by atoms with Gasteiger partial charge in [-0.15, -0.1) is 0 Å². The largest absolute Gasteiger partial charge is 0.380 e. The van der Waals surface area contributed by atoms with Gasteiger partial charge in [-0.25, -0.2) is 0 Å². The van der Waals surface area contributed by atoms with E-state index in [1.54, 1.807) is 18.3 Å². The van der Waals surface area contributed by atoms with Crippen molar-refractivity contribution in [3.05, 3.63) is 59.4 Å². The lowest BCUT2D eigenvalue weighted by Gasteiger charge is -2.36. The first-order valence-corrected chi connectivity index (χ1v) is 8.72. The maximum Gasteiger partial charge on any atom is 0.189 e. The number of halogens is 1. The summed E-state index contributed by atoms with van der Waals surface area (Å²) >= 11 is 11.3. The van der Waals surface area contributed by atoms with Crippen molar-refractivity contribution in [2.24, 2.45) is 10.8 Å². The first kappa shape index (κ1) is 17.4. The van der Waals surface area contributed by atoms with Crippen LogP contribution >= 0.6 is 23.8 Å². The van der Waals surface area contributed by atoms with Crippen molar-refractivity contribution in [2.45, 2.75) is 0 Å². The Balaban J connectivity index is 1.53. The van der Waals surface area contributed by atoms with Gasteiger partial charge in [-0.2, -0.15) is 5.10 Å². The molecule has 3 N–H and O–H groups in total. The fraction of sp³-hybridized carbons (Fsp3) is 0.235. The number of pyridine rings is 1. The molecule has 2 heterocycles. The number of hydrogen-bond acceptors (Lipinski definition) is 4. The Hall–Kier alpha value is -2.38. The molecular formula is C17H19ClN6S. The molecule has 1 aromatic heterocycles. The van der Waals surface area contributed by atoms with E-state index in [0.717, 1.165) is 26.2 Å². The van der Waals surface area contributed by atoms with Crippen LogP contribution in [0.25, 0.3) is 0 Å². The van der Waals surface area contributed by atoms with Gasteiger partial charge in [0, 0.05) is 43.1 Å². The highest BCUT2D eigenvalue weighted by atomic mass is 35.5. The summed E-state index contributed by atoms with van der Waals surface area (Å²) < 4.78 is 0. The maximum atomic E-state index is 5.93. The van der Waals surface area contributed by atoms with Crippen LogP contribution in [0.5, 0.6) is 0 Å². The predicted molar refractivity (Wildman–Crippen MR) is 106 cm³/mol. The van der Waals surface area contributed by atoms with Crippen LogP contribution in [-0.4, -0.2) is 47.0 Å². The molecule has 2 aromatic rings. The van der Waals surface area contributed by atoms with Gasteiger partial charge in [0.25, 0.3) is 0 Å². The topological polar surface area (TPSA) is 69.8 Å². The Morgan fingerprint density at radius 1 is 1.16 bits per heavy atom. The Morgan fingerprint density at radius 3 is 2.56 bits per heavy atom. The van der Waals surface area contributed by atoms with Crippen LogP contribution in [0.2, 0.25) is 5.02 Å². The highest BCUT2D eigenvalue weighted by Crippen LogP contribution is 2.15. The van der Waals surface area contributed by atoms with Crippen molar-refractivity contribution in [3.63, 3.8) is 0 Å². The molecule has 1 aliphatic rings. The van der Waals surface area contributed by atoms with Crippen LogP contribution in [0.15, 0.2) is 53.8 Å².